The van der Waals surface area contributed by atoms with E-state index in [4.69, 9.17) is 9.47 Å². The molecule has 0 amide bonds. The number of rotatable bonds is 2. The van der Waals surface area contributed by atoms with Gasteiger partial charge in [-0.1, -0.05) is 0 Å². The molecule has 2 heterocycles. The molecule has 1 saturated carbocycles. The van der Waals surface area contributed by atoms with Gasteiger partial charge < -0.3 is 14.8 Å². The van der Waals surface area contributed by atoms with Gasteiger partial charge in [0.1, 0.15) is 0 Å². The normalized spacial score (nSPS) is 37.0. The predicted molar refractivity (Wildman–Crippen MR) is 57.9 cm³/mol. The van der Waals surface area contributed by atoms with Gasteiger partial charge in [0.05, 0.1) is 17.3 Å². The van der Waals surface area contributed by atoms with Crippen LogP contribution in [0.25, 0.3) is 0 Å². The van der Waals surface area contributed by atoms with E-state index in [1.54, 1.807) is 0 Å². The van der Waals surface area contributed by atoms with Gasteiger partial charge in [0.15, 0.2) is 0 Å². The first-order chi connectivity index (χ1) is 7.20. The molecule has 3 heteroatoms. The maximum Gasteiger partial charge on any atom is 0.0905 e. The summed E-state index contributed by atoms with van der Waals surface area (Å²) in [4.78, 5) is 0. The van der Waals surface area contributed by atoms with E-state index in [1.807, 2.05) is 0 Å². The van der Waals surface area contributed by atoms with Gasteiger partial charge in [-0.15, -0.1) is 0 Å². The molecule has 3 nitrogen and oxygen atoms in total. The second kappa shape index (κ2) is 3.44. The molecule has 1 spiro atoms. The van der Waals surface area contributed by atoms with Gasteiger partial charge in [-0.25, -0.2) is 0 Å². The van der Waals surface area contributed by atoms with Crippen LogP contribution < -0.4 is 5.32 Å². The van der Waals surface area contributed by atoms with E-state index in [9.17, 15) is 0 Å². The Morgan fingerprint density at radius 1 is 1.33 bits per heavy atom. The van der Waals surface area contributed by atoms with E-state index < -0.39 is 0 Å². The van der Waals surface area contributed by atoms with Crippen molar-refractivity contribution < 1.29 is 9.47 Å². The Kier molecular flexibility index (Phi) is 2.31. The highest BCUT2D eigenvalue weighted by Crippen LogP contribution is 2.43. The minimum Gasteiger partial charge on any atom is -0.375 e. The standard InChI is InChI=1S/C12H21NO2/c1-11(8-13-9-11)15-10-3-6-14-12(7-10)4-2-5-12/h10,13H,2-9H2,1H3. The van der Waals surface area contributed by atoms with Gasteiger partial charge in [0, 0.05) is 26.1 Å². The zero-order valence-electron chi connectivity index (χ0n) is 9.55. The molecular weight excluding hydrogens is 190 g/mol. The van der Waals surface area contributed by atoms with E-state index >= 15 is 0 Å². The first kappa shape index (κ1) is 10.1. The van der Waals surface area contributed by atoms with Crippen molar-refractivity contribution in [1.82, 2.24) is 5.32 Å². The molecule has 0 aromatic rings. The van der Waals surface area contributed by atoms with Gasteiger partial charge in [0.2, 0.25) is 0 Å². The highest BCUT2D eigenvalue weighted by atomic mass is 16.5. The van der Waals surface area contributed by atoms with Gasteiger partial charge in [-0.05, 0) is 32.6 Å². The monoisotopic (exact) mass is 211 g/mol. The van der Waals surface area contributed by atoms with Crippen molar-refractivity contribution in [3.63, 3.8) is 0 Å². The third-order valence-corrected chi connectivity index (χ3v) is 4.16. The van der Waals surface area contributed by atoms with Crippen LogP contribution >= 0.6 is 0 Å². The Labute approximate surface area is 91.5 Å². The minimum absolute atomic E-state index is 0.104. The fraction of sp³-hybridized carbons (Fsp3) is 1.00. The zero-order chi connectivity index (χ0) is 10.4. The molecule has 2 aliphatic heterocycles. The molecule has 2 saturated heterocycles. The summed E-state index contributed by atoms with van der Waals surface area (Å²) in [6.07, 6.45) is 6.49. The molecule has 1 N–H and O–H groups in total. The van der Waals surface area contributed by atoms with E-state index in [0.29, 0.717) is 6.10 Å². The maximum atomic E-state index is 6.20. The first-order valence-corrected chi connectivity index (χ1v) is 6.22. The summed E-state index contributed by atoms with van der Waals surface area (Å²) in [6, 6.07) is 0. The third-order valence-electron chi connectivity index (χ3n) is 4.16. The highest BCUT2D eigenvalue weighted by Gasteiger charge is 2.45. The van der Waals surface area contributed by atoms with E-state index in [2.05, 4.69) is 12.2 Å². The Morgan fingerprint density at radius 2 is 2.13 bits per heavy atom. The lowest BCUT2D eigenvalue weighted by Gasteiger charge is -2.50. The van der Waals surface area contributed by atoms with Crippen molar-refractivity contribution >= 4 is 0 Å². The summed E-state index contributed by atoms with van der Waals surface area (Å²) >= 11 is 0. The number of hydrogen-bond donors (Lipinski definition) is 1. The smallest absolute Gasteiger partial charge is 0.0905 e. The van der Waals surface area contributed by atoms with Crippen LogP contribution in [0.1, 0.15) is 39.0 Å². The highest BCUT2D eigenvalue weighted by molar-refractivity contribution is 4.97. The summed E-state index contributed by atoms with van der Waals surface area (Å²) in [5.41, 5.74) is 0.323. The molecule has 15 heavy (non-hydrogen) atoms. The van der Waals surface area contributed by atoms with Crippen molar-refractivity contribution in [2.75, 3.05) is 19.7 Å². The van der Waals surface area contributed by atoms with E-state index in [0.717, 1.165) is 32.5 Å². The molecule has 0 aromatic heterocycles. The molecule has 3 rings (SSSR count). The lowest BCUT2D eigenvalue weighted by atomic mass is 9.74. The van der Waals surface area contributed by atoms with Crippen LogP contribution in [-0.4, -0.2) is 37.0 Å². The molecule has 1 unspecified atom stereocenters. The lowest BCUT2D eigenvalue weighted by Crippen LogP contribution is -2.61. The van der Waals surface area contributed by atoms with Crippen molar-refractivity contribution in [3.05, 3.63) is 0 Å². The van der Waals surface area contributed by atoms with Crippen LogP contribution in [0.2, 0.25) is 0 Å². The van der Waals surface area contributed by atoms with Crippen LogP contribution in [0.3, 0.4) is 0 Å². The summed E-state index contributed by atoms with van der Waals surface area (Å²) < 4.78 is 12.1. The molecule has 3 aliphatic rings. The maximum absolute atomic E-state index is 6.20. The van der Waals surface area contributed by atoms with E-state index in [-0.39, 0.29) is 11.2 Å². The SMILES string of the molecule is CC1(OC2CCOC3(CCC3)C2)CNC1. The third kappa shape index (κ3) is 1.81. The van der Waals surface area contributed by atoms with Crippen LogP contribution in [0.15, 0.2) is 0 Å². The van der Waals surface area contributed by atoms with Crippen LogP contribution in [0, 0.1) is 0 Å². The minimum atomic E-state index is 0.104. The number of hydrogen-bond acceptors (Lipinski definition) is 3. The second-order valence-electron chi connectivity index (χ2n) is 5.67. The van der Waals surface area contributed by atoms with Crippen molar-refractivity contribution in [2.45, 2.75) is 56.3 Å². The Bertz CT molecular complexity index is 244. The zero-order valence-corrected chi connectivity index (χ0v) is 9.55. The molecule has 0 aromatic carbocycles. The van der Waals surface area contributed by atoms with Gasteiger partial charge in [-0.3, -0.25) is 0 Å². The van der Waals surface area contributed by atoms with Crippen molar-refractivity contribution in [1.29, 1.82) is 0 Å². The predicted octanol–water partition coefficient (Wildman–Crippen LogP) is 1.47. The van der Waals surface area contributed by atoms with E-state index in [1.165, 1.54) is 19.3 Å². The fourth-order valence-electron chi connectivity index (χ4n) is 2.97. The molecule has 0 bridgehead atoms. The second-order valence-corrected chi connectivity index (χ2v) is 5.67. The molecule has 1 aliphatic carbocycles. The van der Waals surface area contributed by atoms with Gasteiger partial charge in [0.25, 0.3) is 0 Å². The molecular formula is C12H21NO2. The Balaban J connectivity index is 1.57. The largest absolute Gasteiger partial charge is 0.375 e. The van der Waals surface area contributed by atoms with Crippen LogP contribution in [-0.2, 0) is 9.47 Å². The molecule has 86 valence electrons. The number of ether oxygens (including phenoxy) is 2. The van der Waals surface area contributed by atoms with Crippen LogP contribution in [0.5, 0.6) is 0 Å². The van der Waals surface area contributed by atoms with Gasteiger partial charge >= 0.3 is 0 Å². The summed E-state index contributed by atoms with van der Waals surface area (Å²) in [5.74, 6) is 0. The van der Waals surface area contributed by atoms with Crippen molar-refractivity contribution in [2.24, 2.45) is 0 Å². The summed E-state index contributed by atoms with van der Waals surface area (Å²) in [5, 5.41) is 3.28. The number of nitrogens with one attached hydrogen (secondary N) is 1. The lowest BCUT2D eigenvalue weighted by molar-refractivity contribution is -0.202. The summed E-state index contributed by atoms with van der Waals surface area (Å²) in [7, 11) is 0. The van der Waals surface area contributed by atoms with Crippen molar-refractivity contribution in [3.8, 4) is 0 Å². The Hall–Kier alpha value is -0.120. The topological polar surface area (TPSA) is 30.5 Å². The molecule has 3 fully saturated rings. The molecule has 1 atom stereocenters. The summed E-state index contributed by atoms with van der Waals surface area (Å²) in [6.45, 7) is 5.13. The quantitative estimate of drug-likeness (QED) is 0.750. The average molecular weight is 211 g/mol. The van der Waals surface area contributed by atoms with Crippen LogP contribution in [0.4, 0.5) is 0 Å². The molecule has 0 radical (unpaired) electrons. The van der Waals surface area contributed by atoms with Gasteiger partial charge in [-0.2, -0.15) is 0 Å². The first-order valence-electron chi connectivity index (χ1n) is 6.22. The fourth-order valence-corrected chi connectivity index (χ4v) is 2.97. The average Bonchev–Trinajstić information content (AvgIpc) is 2.13. The Morgan fingerprint density at radius 3 is 2.67 bits per heavy atom.